The van der Waals surface area contributed by atoms with Crippen molar-refractivity contribution in [2.24, 2.45) is 11.8 Å². The van der Waals surface area contributed by atoms with Crippen molar-refractivity contribution in [1.82, 2.24) is 0 Å². The van der Waals surface area contributed by atoms with Crippen LogP contribution in [0.5, 0.6) is 0 Å². The SMILES string of the molecule is CCCCC(CC)C(SOSC(c1ccc([N+](=O)[O-])cc1)C(CC)CCCC)c1ccc([N+](=O)[O-])cc1. The van der Waals surface area contributed by atoms with Gasteiger partial charge in [-0.05, 0) is 35.8 Å². The first-order valence-corrected chi connectivity index (χ1v) is 14.9. The fourth-order valence-corrected chi connectivity index (χ4v) is 6.93. The zero-order valence-electron chi connectivity index (χ0n) is 22.3. The molecule has 0 aliphatic rings. The number of hydrogen-bond donors (Lipinski definition) is 0. The van der Waals surface area contributed by atoms with Gasteiger partial charge in [-0.15, -0.1) is 0 Å². The molecule has 0 spiro atoms. The quantitative estimate of drug-likeness (QED) is 0.104. The average Bonchev–Trinajstić information content (AvgIpc) is 2.91. The number of nitrogens with zero attached hydrogens (tertiary/aromatic N) is 2. The summed E-state index contributed by atoms with van der Waals surface area (Å²) in [5.41, 5.74) is 2.24. The summed E-state index contributed by atoms with van der Waals surface area (Å²) in [5.74, 6) is 0.763. The Kier molecular flexibility index (Phi) is 14.0. The molecular formula is C28H40N2O5S2. The summed E-state index contributed by atoms with van der Waals surface area (Å²) in [6.45, 7) is 8.74. The van der Waals surface area contributed by atoms with Crippen LogP contribution in [0.2, 0.25) is 0 Å². The van der Waals surface area contributed by atoms with Crippen LogP contribution in [0.1, 0.15) is 101 Å². The predicted molar refractivity (Wildman–Crippen MR) is 155 cm³/mol. The monoisotopic (exact) mass is 548 g/mol. The van der Waals surface area contributed by atoms with Gasteiger partial charge in [-0.2, -0.15) is 0 Å². The van der Waals surface area contributed by atoms with E-state index in [1.807, 2.05) is 24.3 Å². The number of nitro benzene ring substituents is 2. The van der Waals surface area contributed by atoms with Crippen molar-refractivity contribution in [2.75, 3.05) is 0 Å². The van der Waals surface area contributed by atoms with Gasteiger partial charge < -0.3 is 0 Å². The maximum absolute atomic E-state index is 11.2. The molecule has 7 nitrogen and oxygen atoms in total. The first-order chi connectivity index (χ1) is 17.9. The lowest BCUT2D eigenvalue weighted by molar-refractivity contribution is -0.385. The third-order valence-electron chi connectivity index (χ3n) is 6.91. The summed E-state index contributed by atoms with van der Waals surface area (Å²) in [5, 5.41) is 22.4. The first-order valence-electron chi connectivity index (χ1n) is 13.3. The lowest BCUT2D eigenvalue weighted by atomic mass is 9.91. The van der Waals surface area contributed by atoms with Gasteiger partial charge in [0, 0.05) is 48.4 Å². The molecule has 37 heavy (non-hydrogen) atoms. The molecule has 0 fully saturated rings. The van der Waals surface area contributed by atoms with Crippen LogP contribution in [0.25, 0.3) is 0 Å². The van der Waals surface area contributed by atoms with E-state index in [2.05, 4.69) is 27.7 Å². The minimum absolute atomic E-state index is 0.0538. The van der Waals surface area contributed by atoms with Crippen LogP contribution < -0.4 is 0 Å². The predicted octanol–water partition coefficient (Wildman–Crippen LogP) is 10.0. The van der Waals surface area contributed by atoms with Crippen LogP contribution in [0.3, 0.4) is 0 Å². The average molecular weight is 549 g/mol. The minimum Gasteiger partial charge on any atom is -0.258 e. The number of unbranched alkanes of at least 4 members (excludes halogenated alkanes) is 2. The van der Waals surface area contributed by atoms with Crippen molar-refractivity contribution in [3.8, 4) is 0 Å². The molecule has 0 bridgehead atoms. The highest BCUT2D eigenvalue weighted by molar-refractivity contribution is 8.08. The molecule has 204 valence electrons. The molecule has 2 aromatic carbocycles. The summed E-state index contributed by atoms with van der Waals surface area (Å²) in [4.78, 5) is 21.6. The molecule has 0 saturated carbocycles. The van der Waals surface area contributed by atoms with Crippen LogP contribution in [-0.4, -0.2) is 9.85 Å². The van der Waals surface area contributed by atoms with Crippen molar-refractivity contribution in [2.45, 2.75) is 89.6 Å². The van der Waals surface area contributed by atoms with E-state index in [1.54, 1.807) is 24.3 Å². The number of benzene rings is 2. The largest absolute Gasteiger partial charge is 0.269 e. The molecule has 0 aromatic heterocycles. The zero-order valence-corrected chi connectivity index (χ0v) is 24.0. The van der Waals surface area contributed by atoms with E-state index in [9.17, 15) is 20.2 Å². The molecule has 2 rings (SSSR count). The second-order valence-corrected chi connectivity index (χ2v) is 11.4. The highest BCUT2D eigenvalue weighted by Crippen LogP contribution is 2.48. The molecule has 0 aliphatic carbocycles. The van der Waals surface area contributed by atoms with Crippen molar-refractivity contribution < 1.29 is 13.5 Å². The summed E-state index contributed by atoms with van der Waals surface area (Å²) >= 11 is 2.88. The van der Waals surface area contributed by atoms with Crippen LogP contribution in [0, 0.1) is 32.1 Å². The van der Waals surface area contributed by atoms with Gasteiger partial charge in [0.15, 0.2) is 0 Å². The van der Waals surface area contributed by atoms with Crippen molar-refractivity contribution in [3.05, 3.63) is 79.9 Å². The van der Waals surface area contributed by atoms with E-state index >= 15 is 0 Å². The van der Waals surface area contributed by atoms with E-state index in [1.165, 1.54) is 24.1 Å². The Morgan fingerprint density at radius 1 is 0.676 bits per heavy atom. The van der Waals surface area contributed by atoms with Gasteiger partial charge in [-0.3, -0.25) is 20.2 Å². The number of rotatable bonds is 18. The number of hydrogen-bond acceptors (Lipinski definition) is 7. The topological polar surface area (TPSA) is 95.5 Å². The molecule has 0 aliphatic heterocycles. The minimum atomic E-state index is -0.372. The molecule has 0 amide bonds. The summed E-state index contributed by atoms with van der Waals surface area (Å²) in [6.07, 6.45) is 8.57. The van der Waals surface area contributed by atoms with Crippen molar-refractivity contribution >= 4 is 35.5 Å². The molecule has 0 saturated heterocycles. The summed E-state index contributed by atoms with van der Waals surface area (Å²) < 4.78 is 6.31. The van der Waals surface area contributed by atoms with Crippen LogP contribution >= 0.6 is 24.1 Å². The van der Waals surface area contributed by atoms with E-state index in [0.29, 0.717) is 11.8 Å². The summed E-state index contributed by atoms with van der Waals surface area (Å²) in [7, 11) is 0. The van der Waals surface area contributed by atoms with Gasteiger partial charge >= 0.3 is 0 Å². The van der Waals surface area contributed by atoms with Gasteiger partial charge in [-0.25, -0.2) is 3.63 Å². The van der Waals surface area contributed by atoms with E-state index < -0.39 is 0 Å². The molecule has 4 atom stereocenters. The Morgan fingerprint density at radius 2 is 1.03 bits per heavy atom. The van der Waals surface area contributed by atoms with E-state index in [4.69, 9.17) is 3.63 Å². The molecular weight excluding hydrogens is 508 g/mol. The smallest absolute Gasteiger partial charge is 0.258 e. The van der Waals surface area contributed by atoms with Gasteiger partial charge in [-0.1, -0.05) is 90.5 Å². The Bertz CT molecular complexity index is 879. The summed E-state index contributed by atoms with van der Waals surface area (Å²) in [6, 6.07) is 13.7. The Morgan fingerprint density at radius 3 is 1.30 bits per heavy atom. The lowest BCUT2D eigenvalue weighted by Crippen LogP contribution is -2.12. The third kappa shape index (κ3) is 9.61. The van der Waals surface area contributed by atoms with Gasteiger partial charge in [0.25, 0.3) is 11.4 Å². The normalized spacial score (nSPS) is 14.6. The highest BCUT2D eigenvalue weighted by atomic mass is 32.2. The molecule has 0 heterocycles. The fraction of sp³-hybridized carbons (Fsp3) is 0.571. The second-order valence-electron chi connectivity index (χ2n) is 9.42. The van der Waals surface area contributed by atoms with Gasteiger partial charge in [0.05, 0.1) is 20.3 Å². The van der Waals surface area contributed by atoms with Gasteiger partial charge in [0.2, 0.25) is 0 Å². The number of non-ortho nitro benzene ring substituents is 2. The van der Waals surface area contributed by atoms with Crippen LogP contribution in [-0.2, 0) is 3.63 Å². The van der Waals surface area contributed by atoms with E-state index in [-0.39, 0.29) is 31.7 Å². The maximum atomic E-state index is 11.2. The first kappa shape index (κ1) is 31.1. The van der Waals surface area contributed by atoms with E-state index in [0.717, 1.165) is 62.5 Å². The van der Waals surface area contributed by atoms with Crippen LogP contribution in [0.15, 0.2) is 48.5 Å². The Balaban J connectivity index is 2.26. The van der Waals surface area contributed by atoms with Crippen molar-refractivity contribution in [1.29, 1.82) is 0 Å². The molecule has 0 N–H and O–H groups in total. The third-order valence-corrected chi connectivity index (χ3v) is 9.27. The molecule has 9 heteroatoms. The van der Waals surface area contributed by atoms with Crippen LogP contribution in [0.4, 0.5) is 11.4 Å². The second kappa shape index (κ2) is 16.7. The zero-order chi connectivity index (χ0) is 27.2. The molecule has 2 aromatic rings. The Labute approximate surface area is 229 Å². The molecule has 4 unspecified atom stereocenters. The fourth-order valence-electron chi connectivity index (χ4n) is 4.56. The standard InChI is InChI=1S/C28H40N2O5S2/c1-5-9-11-21(7-3)27(23-13-17-25(18-14-23)29(31)32)36-35-37-28(22(8-4)12-10-6-2)24-15-19-26(20-16-24)30(33)34/h13-22,27-28H,5-12H2,1-4H3. The Hall–Kier alpha value is -2.10. The molecule has 0 radical (unpaired) electrons. The number of nitro groups is 2. The maximum Gasteiger partial charge on any atom is 0.269 e. The van der Waals surface area contributed by atoms with Crippen molar-refractivity contribution in [3.63, 3.8) is 0 Å². The highest BCUT2D eigenvalue weighted by Gasteiger charge is 2.28. The lowest BCUT2D eigenvalue weighted by Gasteiger charge is -2.28. The van der Waals surface area contributed by atoms with Gasteiger partial charge in [0.1, 0.15) is 0 Å².